The number of nitrogens with zero attached hydrogens (tertiary/aromatic N) is 1. The van der Waals surface area contributed by atoms with Crippen LogP contribution in [0.3, 0.4) is 0 Å². The summed E-state index contributed by atoms with van der Waals surface area (Å²) < 4.78 is 0.809. The van der Waals surface area contributed by atoms with Gasteiger partial charge in [0.2, 0.25) is 5.91 Å². The molecular weight excluding hydrogens is 354 g/mol. The van der Waals surface area contributed by atoms with Gasteiger partial charge in [0.25, 0.3) is 5.91 Å². The van der Waals surface area contributed by atoms with Gasteiger partial charge in [-0.2, -0.15) is 0 Å². The fraction of sp³-hybridized carbons (Fsp3) is 0.0556. The molecule has 2 N–H and O–H groups in total. The van der Waals surface area contributed by atoms with Crippen molar-refractivity contribution in [3.05, 3.63) is 71.6 Å². The number of rotatable bonds is 5. The molecule has 1 aromatic heterocycles. The SMILES string of the molecule is O=C(CSc1nc(-c2ccccc2)cs1)NNC(=O)c1ccccc1. The van der Waals surface area contributed by atoms with E-state index in [9.17, 15) is 9.59 Å². The first-order valence-electron chi connectivity index (χ1n) is 7.50. The molecule has 0 aliphatic heterocycles. The average molecular weight is 369 g/mol. The Morgan fingerprint density at radius 1 is 0.960 bits per heavy atom. The average Bonchev–Trinajstić information content (AvgIpc) is 3.15. The first-order valence-corrected chi connectivity index (χ1v) is 9.37. The van der Waals surface area contributed by atoms with Crippen molar-refractivity contribution in [2.75, 3.05) is 5.75 Å². The van der Waals surface area contributed by atoms with Crippen molar-refractivity contribution in [2.24, 2.45) is 0 Å². The number of thioether (sulfide) groups is 1. The highest BCUT2D eigenvalue weighted by Crippen LogP contribution is 2.27. The van der Waals surface area contributed by atoms with Crippen LogP contribution in [0, 0.1) is 0 Å². The quantitative estimate of drug-likeness (QED) is 0.534. The second-order valence-electron chi connectivity index (χ2n) is 5.02. The number of thiazole rings is 1. The third-order valence-corrected chi connectivity index (χ3v) is 5.25. The topological polar surface area (TPSA) is 71.1 Å². The van der Waals surface area contributed by atoms with Gasteiger partial charge in [0, 0.05) is 16.5 Å². The van der Waals surface area contributed by atoms with Crippen LogP contribution in [0.4, 0.5) is 0 Å². The third kappa shape index (κ3) is 4.91. The molecule has 0 unspecified atom stereocenters. The van der Waals surface area contributed by atoms with Crippen LogP contribution in [-0.2, 0) is 4.79 Å². The number of hydrogen-bond acceptors (Lipinski definition) is 5. The Morgan fingerprint density at radius 2 is 1.64 bits per heavy atom. The summed E-state index contributed by atoms with van der Waals surface area (Å²) in [6.07, 6.45) is 0. The lowest BCUT2D eigenvalue weighted by atomic mass is 10.2. The molecule has 126 valence electrons. The first-order chi connectivity index (χ1) is 12.2. The van der Waals surface area contributed by atoms with Crippen LogP contribution in [-0.4, -0.2) is 22.6 Å². The van der Waals surface area contributed by atoms with Crippen molar-refractivity contribution in [3.8, 4) is 11.3 Å². The van der Waals surface area contributed by atoms with E-state index >= 15 is 0 Å². The van der Waals surface area contributed by atoms with Crippen LogP contribution in [0.5, 0.6) is 0 Å². The monoisotopic (exact) mass is 369 g/mol. The Bertz CT molecular complexity index is 851. The summed E-state index contributed by atoms with van der Waals surface area (Å²) >= 11 is 2.83. The van der Waals surface area contributed by atoms with Crippen molar-refractivity contribution in [3.63, 3.8) is 0 Å². The third-order valence-electron chi connectivity index (χ3n) is 3.23. The number of hydrogen-bond donors (Lipinski definition) is 2. The van der Waals surface area contributed by atoms with E-state index in [1.165, 1.54) is 23.1 Å². The zero-order valence-corrected chi connectivity index (χ0v) is 14.8. The second-order valence-corrected chi connectivity index (χ2v) is 7.10. The van der Waals surface area contributed by atoms with Gasteiger partial charge in [0.1, 0.15) is 0 Å². The lowest BCUT2D eigenvalue weighted by Gasteiger charge is -2.06. The molecule has 2 amide bonds. The van der Waals surface area contributed by atoms with Crippen molar-refractivity contribution in [1.82, 2.24) is 15.8 Å². The summed E-state index contributed by atoms with van der Waals surface area (Å²) in [6.45, 7) is 0. The normalized spacial score (nSPS) is 10.2. The molecule has 5 nitrogen and oxygen atoms in total. The Labute approximate surface area is 153 Å². The molecular formula is C18H15N3O2S2. The van der Waals surface area contributed by atoms with Gasteiger partial charge in [-0.25, -0.2) is 4.98 Å². The standard InChI is InChI=1S/C18H15N3O2S2/c22-16(20-21-17(23)14-9-5-2-6-10-14)12-25-18-19-15(11-24-18)13-7-3-1-4-8-13/h1-11H,12H2,(H,20,22)(H,21,23). The van der Waals surface area contributed by atoms with Crippen LogP contribution >= 0.6 is 23.1 Å². The van der Waals surface area contributed by atoms with Gasteiger partial charge in [-0.3, -0.25) is 20.4 Å². The van der Waals surface area contributed by atoms with Crippen LogP contribution in [0.2, 0.25) is 0 Å². The van der Waals surface area contributed by atoms with Crippen LogP contribution in [0.25, 0.3) is 11.3 Å². The lowest BCUT2D eigenvalue weighted by molar-refractivity contribution is -0.119. The number of amides is 2. The molecule has 0 saturated carbocycles. The van der Waals surface area contributed by atoms with Crippen LogP contribution < -0.4 is 10.9 Å². The van der Waals surface area contributed by atoms with E-state index in [0.29, 0.717) is 5.56 Å². The fourth-order valence-corrected chi connectivity index (χ4v) is 3.65. The van der Waals surface area contributed by atoms with Crippen LogP contribution in [0.1, 0.15) is 10.4 Å². The summed E-state index contributed by atoms with van der Waals surface area (Å²) in [4.78, 5) is 28.2. The number of hydrazine groups is 1. The molecule has 0 fully saturated rings. The number of aromatic nitrogens is 1. The van der Waals surface area contributed by atoms with E-state index in [-0.39, 0.29) is 17.6 Å². The Hall–Kier alpha value is -2.64. The number of nitrogens with one attached hydrogen (secondary N) is 2. The summed E-state index contributed by atoms with van der Waals surface area (Å²) in [5.41, 5.74) is 7.23. The van der Waals surface area contributed by atoms with Crippen molar-refractivity contribution in [1.29, 1.82) is 0 Å². The van der Waals surface area contributed by atoms with Gasteiger partial charge in [-0.15, -0.1) is 11.3 Å². The van der Waals surface area contributed by atoms with E-state index < -0.39 is 0 Å². The predicted octanol–water partition coefficient (Wildman–Crippen LogP) is 3.36. The molecule has 0 radical (unpaired) electrons. The molecule has 25 heavy (non-hydrogen) atoms. The highest BCUT2D eigenvalue weighted by Gasteiger charge is 2.09. The molecule has 3 aromatic rings. The Balaban J connectivity index is 1.47. The molecule has 0 saturated heterocycles. The molecule has 3 rings (SSSR count). The zero-order chi connectivity index (χ0) is 17.5. The molecule has 0 aliphatic rings. The maximum Gasteiger partial charge on any atom is 0.269 e. The summed E-state index contributed by atoms with van der Waals surface area (Å²) in [7, 11) is 0. The van der Waals surface area contributed by atoms with E-state index in [1.807, 2.05) is 41.8 Å². The van der Waals surface area contributed by atoms with E-state index in [0.717, 1.165) is 15.6 Å². The van der Waals surface area contributed by atoms with E-state index in [4.69, 9.17) is 0 Å². The molecule has 1 heterocycles. The minimum Gasteiger partial charge on any atom is -0.272 e. The highest BCUT2D eigenvalue weighted by atomic mass is 32.2. The molecule has 0 atom stereocenters. The largest absolute Gasteiger partial charge is 0.272 e. The Morgan fingerprint density at radius 3 is 2.36 bits per heavy atom. The maximum atomic E-state index is 11.9. The minimum absolute atomic E-state index is 0.177. The lowest BCUT2D eigenvalue weighted by Crippen LogP contribution is -2.42. The van der Waals surface area contributed by atoms with Crippen molar-refractivity contribution in [2.45, 2.75) is 4.34 Å². The second kappa shape index (κ2) is 8.46. The molecule has 7 heteroatoms. The van der Waals surface area contributed by atoms with Gasteiger partial charge in [0.05, 0.1) is 11.4 Å². The summed E-state index contributed by atoms with van der Waals surface area (Å²) in [6, 6.07) is 18.6. The van der Waals surface area contributed by atoms with E-state index in [1.54, 1.807) is 24.3 Å². The minimum atomic E-state index is -0.348. The van der Waals surface area contributed by atoms with Crippen molar-refractivity contribution >= 4 is 34.9 Å². The maximum absolute atomic E-state index is 11.9. The van der Waals surface area contributed by atoms with Gasteiger partial charge in [-0.1, -0.05) is 60.3 Å². The molecule has 0 spiro atoms. The van der Waals surface area contributed by atoms with Gasteiger partial charge in [0.15, 0.2) is 4.34 Å². The van der Waals surface area contributed by atoms with Gasteiger partial charge < -0.3 is 0 Å². The predicted molar refractivity (Wildman–Crippen MR) is 100 cm³/mol. The smallest absolute Gasteiger partial charge is 0.269 e. The zero-order valence-electron chi connectivity index (χ0n) is 13.1. The van der Waals surface area contributed by atoms with Gasteiger partial charge in [-0.05, 0) is 12.1 Å². The number of carbonyl (C=O) groups is 2. The number of benzene rings is 2. The van der Waals surface area contributed by atoms with Gasteiger partial charge >= 0.3 is 0 Å². The molecule has 2 aromatic carbocycles. The molecule has 0 aliphatic carbocycles. The molecule has 0 bridgehead atoms. The Kier molecular flexibility index (Phi) is 5.81. The summed E-state index contributed by atoms with van der Waals surface area (Å²) in [5.74, 6) is -0.457. The number of carbonyl (C=O) groups excluding carboxylic acids is 2. The van der Waals surface area contributed by atoms with Crippen LogP contribution in [0.15, 0.2) is 70.4 Å². The van der Waals surface area contributed by atoms with E-state index in [2.05, 4.69) is 15.8 Å². The fourth-order valence-electron chi connectivity index (χ4n) is 2.02. The van der Waals surface area contributed by atoms with Crippen molar-refractivity contribution < 1.29 is 9.59 Å². The first kappa shape index (κ1) is 17.2. The highest BCUT2D eigenvalue weighted by molar-refractivity contribution is 8.01. The summed E-state index contributed by atoms with van der Waals surface area (Å²) in [5, 5.41) is 1.97.